The van der Waals surface area contributed by atoms with E-state index >= 15 is 0 Å². The van der Waals surface area contributed by atoms with Crippen LogP contribution in [0.25, 0.3) is 10.3 Å². The Morgan fingerprint density at radius 1 is 1.46 bits per heavy atom. The lowest BCUT2D eigenvalue weighted by Crippen LogP contribution is -2.28. The van der Waals surface area contributed by atoms with Gasteiger partial charge in [0.1, 0.15) is 22.2 Å². The van der Waals surface area contributed by atoms with Crippen LogP contribution in [-0.4, -0.2) is 17.0 Å². The normalized spacial score (nSPS) is 16.1. The molecule has 2 aromatic heterocycles. The summed E-state index contributed by atoms with van der Waals surface area (Å²) >= 11 is 1.26. The van der Waals surface area contributed by atoms with Gasteiger partial charge in [0.15, 0.2) is 16.5 Å². The predicted octanol–water partition coefficient (Wildman–Crippen LogP) is 2.38. The lowest BCUT2D eigenvalue weighted by molar-refractivity contribution is 0.396. The van der Waals surface area contributed by atoms with Crippen molar-refractivity contribution in [3.63, 3.8) is 0 Å². The van der Waals surface area contributed by atoms with Crippen LogP contribution < -0.4 is 21.3 Å². The van der Waals surface area contributed by atoms with Crippen molar-refractivity contribution in [3.8, 4) is 11.8 Å². The number of allylic oxidation sites excluding steroid dienone is 1. The van der Waals surface area contributed by atoms with Gasteiger partial charge in [-0.1, -0.05) is 29.5 Å². The molecule has 0 bridgehead atoms. The summed E-state index contributed by atoms with van der Waals surface area (Å²) in [5.41, 5.74) is 6.07. The van der Waals surface area contributed by atoms with Crippen LogP contribution in [0.15, 0.2) is 40.5 Å². The van der Waals surface area contributed by atoms with Crippen molar-refractivity contribution in [2.24, 2.45) is 5.73 Å². The number of nitriles is 1. The molecule has 130 valence electrons. The Bertz CT molecular complexity index is 1170. The molecule has 0 radical (unpaired) electrons. The predicted molar refractivity (Wildman–Crippen MR) is 95.5 cm³/mol. The summed E-state index contributed by atoms with van der Waals surface area (Å²) in [4.78, 5) is 19.7. The second-order valence-corrected chi connectivity index (χ2v) is 6.59. The Morgan fingerprint density at radius 3 is 2.92 bits per heavy atom. The van der Waals surface area contributed by atoms with Crippen molar-refractivity contribution in [2.75, 3.05) is 12.4 Å². The summed E-state index contributed by atoms with van der Waals surface area (Å²) in [5.74, 6) is -1.45. The molecule has 3 aromatic rings. The molecule has 0 saturated carbocycles. The molecule has 1 unspecified atom stereocenters. The Morgan fingerprint density at radius 2 is 2.23 bits per heavy atom. The van der Waals surface area contributed by atoms with Crippen molar-refractivity contribution in [3.05, 3.63) is 63.0 Å². The minimum atomic E-state index is -0.960. The molecule has 1 aliphatic rings. The first-order chi connectivity index (χ1) is 12.5. The molecule has 1 aromatic carbocycles. The van der Waals surface area contributed by atoms with Crippen LogP contribution in [0.2, 0.25) is 0 Å². The number of aromatic nitrogens is 2. The van der Waals surface area contributed by atoms with Crippen LogP contribution >= 0.6 is 11.3 Å². The van der Waals surface area contributed by atoms with Crippen LogP contribution in [0.1, 0.15) is 17.0 Å². The topological polar surface area (TPSA) is 117 Å². The molecule has 0 aliphatic carbocycles. The Balaban J connectivity index is 2.09. The van der Waals surface area contributed by atoms with E-state index in [1.807, 2.05) is 6.07 Å². The molecule has 0 fully saturated rings. The van der Waals surface area contributed by atoms with Crippen LogP contribution in [0.5, 0.6) is 5.75 Å². The summed E-state index contributed by atoms with van der Waals surface area (Å²) in [6, 6.07) is 7.91. The van der Waals surface area contributed by atoms with Crippen molar-refractivity contribution >= 4 is 26.8 Å². The van der Waals surface area contributed by atoms with E-state index in [-0.39, 0.29) is 28.3 Å². The molecule has 26 heavy (non-hydrogen) atoms. The highest BCUT2D eigenvalue weighted by atomic mass is 32.1. The SMILES string of the molecule is CNc1nc2[nH]c(=O)c3c(c2s1)OC(N)=C(C#N)C3c1ccccc1F. The highest BCUT2D eigenvalue weighted by Crippen LogP contribution is 2.45. The lowest BCUT2D eigenvalue weighted by atomic mass is 9.84. The third-order valence-corrected chi connectivity index (χ3v) is 5.23. The fraction of sp³-hybridized carbons (Fsp3) is 0.118. The number of benzene rings is 1. The number of thiazole rings is 1. The van der Waals surface area contributed by atoms with Gasteiger partial charge >= 0.3 is 0 Å². The first-order valence-corrected chi connectivity index (χ1v) is 8.43. The molecule has 4 rings (SSSR count). The molecule has 0 spiro atoms. The summed E-state index contributed by atoms with van der Waals surface area (Å²) < 4.78 is 20.6. The van der Waals surface area contributed by atoms with Crippen molar-refractivity contribution in [1.82, 2.24) is 9.97 Å². The Hall–Kier alpha value is -3.38. The Labute approximate surface area is 150 Å². The second-order valence-electron chi connectivity index (χ2n) is 5.59. The highest BCUT2D eigenvalue weighted by Gasteiger charge is 2.36. The first kappa shape index (κ1) is 16.1. The maximum atomic E-state index is 14.5. The zero-order valence-corrected chi connectivity index (χ0v) is 14.3. The van der Waals surface area contributed by atoms with Gasteiger partial charge in [0.2, 0.25) is 5.88 Å². The molecule has 1 atom stereocenters. The average Bonchev–Trinajstić information content (AvgIpc) is 3.04. The summed E-state index contributed by atoms with van der Waals surface area (Å²) in [6.07, 6.45) is 0. The lowest BCUT2D eigenvalue weighted by Gasteiger charge is -2.25. The number of aromatic amines is 1. The number of anilines is 1. The summed E-state index contributed by atoms with van der Waals surface area (Å²) in [7, 11) is 1.70. The van der Waals surface area contributed by atoms with Crippen LogP contribution in [0, 0.1) is 17.1 Å². The number of fused-ring (bicyclic) bond motifs is 3. The second kappa shape index (κ2) is 5.86. The molecule has 4 N–H and O–H groups in total. The molecule has 9 heteroatoms. The van der Waals surface area contributed by atoms with Crippen LogP contribution in [0.4, 0.5) is 9.52 Å². The van der Waals surface area contributed by atoms with E-state index in [4.69, 9.17) is 10.5 Å². The Kier molecular flexibility index (Phi) is 3.63. The number of nitrogens with one attached hydrogen (secondary N) is 2. The molecular weight excluding hydrogens is 357 g/mol. The van der Waals surface area contributed by atoms with E-state index in [9.17, 15) is 14.4 Å². The van der Waals surface area contributed by atoms with E-state index in [2.05, 4.69) is 15.3 Å². The van der Waals surface area contributed by atoms with Gasteiger partial charge in [0.05, 0.1) is 11.5 Å². The van der Waals surface area contributed by atoms with Crippen molar-refractivity contribution < 1.29 is 9.13 Å². The fourth-order valence-corrected chi connectivity index (χ4v) is 3.89. The maximum Gasteiger partial charge on any atom is 0.257 e. The van der Waals surface area contributed by atoms with E-state index in [1.165, 1.54) is 29.5 Å². The highest BCUT2D eigenvalue weighted by molar-refractivity contribution is 7.22. The number of halogens is 1. The number of H-pyrrole nitrogens is 1. The van der Waals surface area contributed by atoms with Gasteiger partial charge in [-0.05, 0) is 6.07 Å². The van der Waals surface area contributed by atoms with Gasteiger partial charge in [-0.15, -0.1) is 0 Å². The van der Waals surface area contributed by atoms with Gasteiger partial charge in [0, 0.05) is 12.6 Å². The average molecular weight is 369 g/mol. The zero-order valence-electron chi connectivity index (χ0n) is 13.5. The smallest absolute Gasteiger partial charge is 0.257 e. The molecule has 3 heterocycles. The van der Waals surface area contributed by atoms with E-state index in [0.717, 1.165) is 0 Å². The fourth-order valence-electron chi connectivity index (χ4n) is 3.02. The monoisotopic (exact) mass is 369 g/mol. The number of ether oxygens (including phenoxy) is 1. The first-order valence-electron chi connectivity index (χ1n) is 7.61. The molecule has 7 nitrogen and oxygen atoms in total. The number of nitrogens with zero attached hydrogens (tertiary/aromatic N) is 2. The molecule has 0 amide bonds. The number of nitrogens with two attached hydrogens (primary N) is 1. The van der Waals surface area contributed by atoms with Gasteiger partial charge in [-0.3, -0.25) is 4.79 Å². The van der Waals surface area contributed by atoms with E-state index in [0.29, 0.717) is 15.5 Å². The van der Waals surface area contributed by atoms with Gasteiger partial charge in [-0.2, -0.15) is 5.26 Å². The molecule has 0 saturated heterocycles. The maximum absolute atomic E-state index is 14.5. The number of hydrogen-bond acceptors (Lipinski definition) is 7. The number of rotatable bonds is 2. The van der Waals surface area contributed by atoms with Crippen LogP contribution in [-0.2, 0) is 0 Å². The third kappa shape index (κ3) is 2.23. The number of pyridine rings is 1. The molecular formula is C17H12FN5O2S. The minimum absolute atomic E-state index is 0.00851. The van der Waals surface area contributed by atoms with Gasteiger partial charge < -0.3 is 20.8 Å². The quantitative estimate of drug-likeness (QED) is 0.638. The van der Waals surface area contributed by atoms with Crippen molar-refractivity contribution in [2.45, 2.75) is 5.92 Å². The summed E-state index contributed by atoms with van der Waals surface area (Å²) in [5, 5.41) is 13.0. The number of hydrogen-bond donors (Lipinski definition) is 3. The summed E-state index contributed by atoms with van der Waals surface area (Å²) in [6.45, 7) is 0. The van der Waals surface area contributed by atoms with Gasteiger partial charge in [0.25, 0.3) is 5.56 Å². The minimum Gasteiger partial charge on any atom is -0.438 e. The third-order valence-electron chi connectivity index (χ3n) is 4.16. The zero-order chi connectivity index (χ0) is 18.4. The standard InChI is InChI=1S/C17H12FN5O2S/c1-21-17-23-15-13(26-17)12-11(16(24)22-15)10(8(6-19)14(20)25-12)7-4-2-3-5-9(7)18/h2-5,10H,20H2,1H3,(H2,21,22,23,24). The van der Waals surface area contributed by atoms with Crippen molar-refractivity contribution in [1.29, 1.82) is 5.26 Å². The van der Waals surface area contributed by atoms with E-state index in [1.54, 1.807) is 13.1 Å². The van der Waals surface area contributed by atoms with Gasteiger partial charge in [-0.25, -0.2) is 9.37 Å². The van der Waals surface area contributed by atoms with E-state index < -0.39 is 17.3 Å². The largest absolute Gasteiger partial charge is 0.438 e. The van der Waals surface area contributed by atoms with Crippen LogP contribution in [0.3, 0.4) is 0 Å². The molecule has 1 aliphatic heterocycles.